The quantitative estimate of drug-likeness (QED) is 0.787. The van der Waals surface area contributed by atoms with Crippen molar-refractivity contribution in [3.8, 4) is 0 Å². The number of aromatic nitrogens is 2. The molecule has 0 amide bonds. The third-order valence-electron chi connectivity index (χ3n) is 3.10. The van der Waals surface area contributed by atoms with E-state index in [4.69, 9.17) is 16.0 Å². The molecule has 0 radical (unpaired) electrons. The van der Waals surface area contributed by atoms with Gasteiger partial charge in [-0.1, -0.05) is 23.7 Å². The van der Waals surface area contributed by atoms with E-state index in [0.29, 0.717) is 17.2 Å². The smallest absolute Gasteiger partial charge is 0.407 e. The first-order valence-corrected chi connectivity index (χ1v) is 6.40. The van der Waals surface area contributed by atoms with Crippen molar-refractivity contribution in [1.82, 2.24) is 9.55 Å². The number of pyridine rings is 1. The summed E-state index contributed by atoms with van der Waals surface area (Å²) in [5.41, 5.74) is 1.90. The summed E-state index contributed by atoms with van der Waals surface area (Å²) in [5, 5.41) is 0.645. The molecule has 0 saturated carbocycles. The number of nitrogens with one attached hydrogen (secondary N) is 1. The van der Waals surface area contributed by atoms with Crippen molar-refractivity contribution >= 4 is 22.7 Å². The molecule has 2 aromatic heterocycles. The summed E-state index contributed by atoms with van der Waals surface area (Å²) in [6.07, 6.45) is 1.68. The van der Waals surface area contributed by atoms with Gasteiger partial charge in [0.15, 0.2) is 11.1 Å². The molecule has 0 saturated heterocycles. The Hall–Kier alpha value is -2.27. The number of H-pyrrole nitrogens is 1. The van der Waals surface area contributed by atoms with Gasteiger partial charge in [-0.2, -0.15) is 0 Å². The average molecular weight is 291 g/mol. The molecule has 0 aliphatic carbocycles. The lowest BCUT2D eigenvalue weighted by Crippen LogP contribution is -2.21. The molecule has 0 atom stereocenters. The van der Waals surface area contributed by atoms with Crippen molar-refractivity contribution in [3.05, 3.63) is 67.5 Å². The number of nitrogens with zero attached hydrogens (tertiary/aromatic N) is 1. The van der Waals surface area contributed by atoms with Crippen molar-refractivity contribution in [3.63, 3.8) is 0 Å². The molecular weight excluding hydrogens is 280 g/mol. The highest BCUT2D eigenvalue weighted by atomic mass is 35.5. The van der Waals surface area contributed by atoms with Gasteiger partial charge >= 0.3 is 5.76 Å². The van der Waals surface area contributed by atoms with Crippen LogP contribution in [0.15, 0.2) is 44.5 Å². The summed E-state index contributed by atoms with van der Waals surface area (Å²) in [4.78, 5) is 25.9. The second-order valence-electron chi connectivity index (χ2n) is 4.59. The Bertz CT molecular complexity index is 887. The average Bonchev–Trinajstić information content (AvgIpc) is 2.81. The first-order chi connectivity index (χ1) is 9.54. The predicted molar refractivity (Wildman–Crippen MR) is 76.4 cm³/mol. The fraction of sp³-hybridized carbons (Fsp3) is 0.143. The Morgan fingerprint density at radius 1 is 1.25 bits per heavy atom. The SMILES string of the molecule is Cc1cn(Cc2ccc(Cl)cc2)c(=O)c2[nH]c(=O)oc12. The number of halogens is 1. The Morgan fingerprint density at radius 2 is 1.95 bits per heavy atom. The molecule has 0 aliphatic heterocycles. The molecule has 0 bridgehead atoms. The lowest BCUT2D eigenvalue weighted by molar-refractivity contribution is 0.552. The van der Waals surface area contributed by atoms with Crippen LogP contribution in [0.1, 0.15) is 11.1 Å². The van der Waals surface area contributed by atoms with Gasteiger partial charge in [-0.3, -0.25) is 9.78 Å². The van der Waals surface area contributed by atoms with E-state index >= 15 is 0 Å². The van der Waals surface area contributed by atoms with Gasteiger partial charge in [0.25, 0.3) is 5.56 Å². The van der Waals surface area contributed by atoms with Gasteiger partial charge in [-0.15, -0.1) is 0 Å². The molecule has 3 rings (SSSR count). The molecule has 20 heavy (non-hydrogen) atoms. The predicted octanol–water partition coefficient (Wildman–Crippen LogP) is 2.29. The standard InChI is InChI=1S/C14H11ClN2O3/c1-8-6-17(7-9-2-4-10(15)5-3-9)13(18)11-12(8)20-14(19)16-11/h2-6H,7H2,1H3,(H,16,19). The number of fused-ring (bicyclic) bond motifs is 1. The summed E-state index contributed by atoms with van der Waals surface area (Å²) < 4.78 is 6.49. The molecule has 3 aromatic rings. The Labute approximate surface area is 118 Å². The van der Waals surface area contributed by atoms with E-state index in [2.05, 4.69) is 4.98 Å². The Morgan fingerprint density at radius 3 is 2.65 bits per heavy atom. The van der Waals surface area contributed by atoms with E-state index < -0.39 is 5.76 Å². The van der Waals surface area contributed by atoms with Crippen molar-refractivity contribution in [2.45, 2.75) is 13.5 Å². The fourth-order valence-corrected chi connectivity index (χ4v) is 2.28. The largest absolute Gasteiger partial charge is 0.417 e. The van der Waals surface area contributed by atoms with E-state index in [1.165, 1.54) is 4.57 Å². The number of hydrogen-bond donors (Lipinski definition) is 1. The molecule has 6 heteroatoms. The molecular formula is C14H11ClN2O3. The number of hydrogen-bond acceptors (Lipinski definition) is 3. The van der Waals surface area contributed by atoms with Gasteiger partial charge in [0.2, 0.25) is 0 Å². The zero-order valence-corrected chi connectivity index (χ0v) is 11.4. The highest BCUT2D eigenvalue weighted by Gasteiger charge is 2.11. The first kappa shape index (κ1) is 12.7. The maximum absolute atomic E-state index is 12.3. The number of benzene rings is 1. The summed E-state index contributed by atoms with van der Waals surface area (Å²) in [6, 6.07) is 7.25. The number of aryl methyl sites for hydroxylation is 1. The monoisotopic (exact) mass is 290 g/mol. The maximum Gasteiger partial charge on any atom is 0.417 e. The number of rotatable bonds is 2. The molecule has 0 unspecified atom stereocenters. The van der Waals surface area contributed by atoms with Crippen molar-refractivity contribution in [1.29, 1.82) is 0 Å². The molecule has 0 aliphatic rings. The molecule has 0 spiro atoms. The third-order valence-corrected chi connectivity index (χ3v) is 3.35. The number of aromatic amines is 1. The van der Waals surface area contributed by atoms with E-state index in [1.807, 2.05) is 12.1 Å². The molecule has 5 nitrogen and oxygen atoms in total. The van der Waals surface area contributed by atoms with Crippen molar-refractivity contribution in [2.24, 2.45) is 0 Å². The summed E-state index contributed by atoms with van der Waals surface area (Å²) in [6.45, 7) is 2.19. The van der Waals surface area contributed by atoms with Gasteiger partial charge in [-0.05, 0) is 24.6 Å². The van der Waals surface area contributed by atoms with Crippen LogP contribution in [0.5, 0.6) is 0 Å². The molecule has 0 fully saturated rings. The minimum Gasteiger partial charge on any atom is -0.407 e. The van der Waals surface area contributed by atoms with Crippen LogP contribution in [-0.2, 0) is 6.54 Å². The first-order valence-electron chi connectivity index (χ1n) is 6.02. The highest BCUT2D eigenvalue weighted by Crippen LogP contribution is 2.13. The van der Waals surface area contributed by atoms with Crippen LogP contribution in [0.25, 0.3) is 11.1 Å². The Kier molecular flexibility index (Phi) is 2.99. The Balaban J connectivity index is 2.12. The van der Waals surface area contributed by atoms with Gasteiger partial charge in [0.05, 0.1) is 6.54 Å². The third kappa shape index (κ3) is 2.16. The van der Waals surface area contributed by atoms with Crippen molar-refractivity contribution < 1.29 is 4.42 Å². The zero-order valence-electron chi connectivity index (χ0n) is 10.6. The van der Waals surface area contributed by atoms with E-state index in [-0.39, 0.29) is 11.1 Å². The molecule has 1 aromatic carbocycles. The second-order valence-corrected chi connectivity index (χ2v) is 5.03. The number of oxazole rings is 1. The van der Waals surface area contributed by atoms with Crippen LogP contribution in [-0.4, -0.2) is 9.55 Å². The zero-order chi connectivity index (χ0) is 14.3. The fourth-order valence-electron chi connectivity index (χ4n) is 2.15. The summed E-state index contributed by atoms with van der Waals surface area (Å²) >= 11 is 5.83. The van der Waals surface area contributed by atoms with Crippen LogP contribution < -0.4 is 11.3 Å². The van der Waals surface area contributed by atoms with Crippen LogP contribution in [0.3, 0.4) is 0 Å². The van der Waals surface area contributed by atoms with Crippen LogP contribution in [0.4, 0.5) is 0 Å². The van der Waals surface area contributed by atoms with Crippen LogP contribution in [0, 0.1) is 6.92 Å². The summed E-state index contributed by atoms with van der Waals surface area (Å²) in [5.74, 6) is -0.621. The minimum atomic E-state index is -0.621. The maximum atomic E-state index is 12.3. The van der Waals surface area contributed by atoms with Crippen molar-refractivity contribution in [2.75, 3.05) is 0 Å². The molecule has 1 N–H and O–H groups in total. The lowest BCUT2D eigenvalue weighted by atomic mass is 10.2. The van der Waals surface area contributed by atoms with Crippen LogP contribution >= 0.6 is 11.6 Å². The topological polar surface area (TPSA) is 68.0 Å². The van der Waals surface area contributed by atoms with Crippen LogP contribution in [0.2, 0.25) is 5.02 Å². The highest BCUT2D eigenvalue weighted by molar-refractivity contribution is 6.30. The van der Waals surface area contributed by atoms with Gasteiger partial charge in [0.1, 0.15) is 0 Å². The minimum absolute atomic E-state index is 0.198. The van der Waals surface area contributed by atoms with E-state index in [1.54, 1.807) is 25.3 Å². The van der Waals surface area contributed by atoms with E-state index in [9.17, 15) is 9.59 Å². The molecule has 102 valence electrons. The normalized spacial score (nSPS) is 11.1. The lowest BCUT2D eigenvalue weighted by Gasteiger charge is -2.07. The second kappa shape index (κ2) is 4.68. The summed E-state index contributed by atoms with van der Waals surface area (Å²) in [7, 11) is 0. The van der Waals surface area contributed by atoms with E-state index in [0.717, 1.165) is 11.1 Å². The molecule has 2 heterocycles. The van der Waals surface area contributed by atoms with Gasteiger partial charge < -0.3 is 8.98 Å². The van der Waals surface area contributed by atoms with Gasteiger partial charge in [0, 0.05) is 16.8 Å². The van der Waals surface area contributed by atoms with Gasteiger partial charge in [-0.25, -0.2) is 4.79 Å².